The minimum atomic E-state index is -0.719. The molecule has 0 aliphatic carbocycles. The number of carbonyl (C=O) groups excluding carboxylic acids is 5. The summed E-state index contributed by atoms with van der Waals surface area (Å²) < 4.78 is 38.2. The van der Waals surface area contributed by atoms with Gasteiger partial charge in [-0.2, -0.15) is 0 Å². The van der Waals surface area contributed by atoms with E-state index in [0.717, 1.165) is 111 Å². The number of rotatable bonds is 29. The summed E-state index contributed by atoms with van der Waals surface area (Å²) in [7, 11) is 1.24. The Morgan fingerprint density at radius 3 is 1.12 bits per heavy atom. The van der Waals surface area contributed by atoms with E-state index < -0.39 is 17.9 Å². The predicted molar refractivity (Wildman–Crippen MR) is 260 cm³/mol. The molecule has 0 amide bonds. The Morgan fingerprint density at radius 2 is 0.735 bits per heavy atom. The van der Waals surface area contributed by atoms with Crippen LogP contribution in [0, 0.1) is 0 Å². The number of carbonyl (C=O) groups is 5. The van der Waals surface area contributed by atoms with Gasteiger partial charge in [0.25, 0.3) is 0 Å². The summed E-state index contributed by atoms with van der Waals surface area (Å²) in [6.45, 7) is 8.86. The van der Waals surface area contributed by atoms with Gasteiger partial charge < -0.3 is 33.2 Å². The van der Waals surface area contributed by atoms with Crippen LogP contribution in [0.5, 0.6) is 23.0 Å². The lowest BCUT2D eigenvalue weighted by Crippen LogP contribution is -2.13. The van der Waals surface area contributed by atoms with E-state index in [0.29, 0.717) is 26.4 Å². The second-order valence-corrected chi connectivity index (χ2v) is 15.8. The van der Waals surface area contributed by atoms with Crippen LogP contribution in [0.25, 0.3) is 22.3 Å². The highest BCUT2D eigenvalue weighted by atomic mass is 16.6. The van der Waals surface area contributed by atoms with Crippen molar-refractivity contribution in [3.05, 3.63) is 157 Å². The molecule has 12 nitrogen and oxygen atoms in total. The minimum absolute atomic E-state index is 0.0564. The fourth-order valence-electron chi connectivity index (χ4n) is 6.99. The molecule has 0 saturated heterocycles. The average molecular weight is 925 g/mol. The van der Waals surface area contributed by atoms with Crippen molar-refractivity contribution in [2.24, 2.45) is 0 Å². The van der Waals surface area contributed by atoms with Crippen LogP contribution < -0.4 is 18.9 Å². The van der Waals surface area contributed by atoms with Gasteiger partial charge in [-0.15, -0.1) is 0 Å². The zero-order chi connectivity index (χ0) is 48.4. The van der Waals surface area contributed by atoms with Crippen LogP contribution in [0.4, 0.5) is 0 Å². The smallest absolute Gasteiger partial charge is 0.343 e. The lowest BCUT2D eigenvalue weighted by molar-refractivity contribution is -0.138. The maximum absolute atomic E-state index is 13.4. The monoisotopic (exact) mass is 924 g/mol. The summed E-state index contributed by atoms with van der Waals surface area (Å²) in [5.74, 6) is -1.48. The molecule has 0 unspecified atom stereocenters. The van der Waals surface area contributed by atoms with Gasteiger partial charge in [0.05, 0.1) is 50.2 Å². The lowest BCUT2D eigenvalue weighted by atomic mass is 10.0. The first-order valence-corrected chi connectivity index (χ1v) is 23.1. The number of esters is 5. The van der Waals surface area contributed by atoms with Gasteiger partial charge >= 0.3 is 29.8 Å². The molecule has 356 valence electrons. The van der Waals surface area contributed by atoms with Crippen LogP contribution >= 0.6 is 0 Å². The summed E-state index contributed by atoms with van der Waals surface area (Å²) in [5.41, 5.74) is 4.24. The molecular formula is C56H60O12. The summed E-state index contributed by atoms with van der Waals surface area (Å²) >= 11 is 0. The van der Waals surface area contributed by atoms with E-state index in [1.165, 1.54) is 37.5 Å². The molecule has 0 fully saturated rings. The predicted octanol–water partition coefficient (Wildman–Crippen LogP) is 12.1. The second kappa shape index (κ2) is 28.5. The molecule has 0 spiro atoms. The van der Waals surface area contributed by atoms with Gasteiger partial charge in [-0.3, -0.25) is 0 Å². The third-order valence-electron chi connectivity index (χ3n) is 10.8. The third kappa shape index (κ3) is 17.4. The second-order valence-electron chi connectivity index (χ2n) is 15.8. The molecule has 5 aromatic carbocycles. The number of ether oxygens (including phenoxy) is 7. The van der Waals surface area contributed by atoms with Crippen molar-refractivity contribution in [2.45, 2.75) is 77.0 Å². The lowest BCUT2D eigenvalue weighted by Gasteiger charge is -2.13. The molecular weight excluding hydrogens is 865 g/mol. The van der Waals surface area contributed by atoms with Crippen molar-refractivity contribution < 1.29 is 57.1 Å². The van der Waals surface area contributed by atoms with Crippen LogP contribution in [-0.2, 0) is 23.8 Å². The van der Waals surface area contributed by atoms with Gasteiger partial charge in [0.2, 0.25) is 0 Å². The molecule has 0 aromatic heterocycles. The molecule has 0 aliphatic heterocycles. The van der Waals surface area contributed by atoms with Crippen molar-refractivity contribution in [3.63, 3.8) is 0 Å². The molecule has 0 atom stereocenters. The fourth-order valence-corrected chi connectivity index (χ4v) is 6.99. The average Bonchev–Trinajstić information content (AvgIpc) is 3.37. The van der Waals surface area contributed by atoms with E-state index in [9.17, 15) is 24.0 Å². The first-order chi connectivity index (χ1) is 33.2. The Kier molecular flexibility index (Phi) is 21.6. The van der Waals surface area contributed by atoms with E-state index in [4.69, 9.17) is 33.2 Å². The first kappa shape index (κ1) is 51.5. The van der Waals surface area contributed by atoms with Gasteiger partial charge in [0, 0.05) is 12.2 Å². The molecule has 0 radical (unpaired) electrons. The zero-order valence-corrected chi connectivity index (χ0v) is 38.8. The Hall–Kier alpha value is -7.47. The van der Waals surface area contributed by atoms with Crippen LogP contribution in [-0.4, -0.2) is 63.4 Å². The summed E-state index contributed by atoms with van der Waals surface area (Å²) in [5, 5.41) is 0. The first-order valence-electron chi connectivity index (χ1n) is 23.1. The van der Waals surface area contributed by atoms with Crippen molar-refractivity contribution in [2.75, 3.05) is 33.5 Å². The number of unbranched alkanes of at least 4 members (excludes halogenated alkanes) is 10. The van der Waals surface area contributed by atoms with E-state index in [-0.39, 0.29) is 40.1 Å². The summed E-state index contributed by atoms with van der Waals surface area (Å²) in [4.78, 5) is 61.4. The van der Waals surface area contributed by atoms with E-state index in [1.807, 2.05) is 60.7 Å². The van der Waals surface area contributed by atoms with Crippen LogP contribution in [0.15, 0.2) is 141 Å². The van der Waals surface area contributed by atoms with Crippen LogP contribution in [0.2, 0.25) is 0 Å². The Labute approximate surface area is 398 Å². The molecule has 0 saturated carbocycles. The highest BCUT2D eigenvalue weighted by Crippen LogP contribution is 2.32. The van der Waals surface area contributed by atoms with Crippen molar-refractivity contribution >= 4 is 29.8 Å². The van der Waals surface area contributed by atoms with Crippen LogP contribution in [0.3, 0.4) is 0 Å². The van der Waals surface area contributed by atoms with Gasteiger partial charge in [0.15, 0.2) is 11.5 Å². The number of hydrogen-bond acceptors (Lipinski definition) is 12. The van der Waals surface area contributed by atoms with Gasteiger partial charge in [-0.05, 0) is 115 Å². The molecule has 68 heavy (non-hydrogen) atoms. The number of hydrogen-bond donors (Lipinski definition) is 0. The van der Waals surface area contributed by atoms with E-state index >= 15 is 0 Å². The minimum Gasteiger partial charge on any atom is -0.494 e. The summed E-state index contributed by atoms with van der Waals surface area (Å²) in [6.07, 6.45) is 14.4. The zero-order valence-electron chi connectivity index (χ0n) is 38.8. The fraction of sp³-hybridized carbons (Fsp3) is 0.304. The van der Waals surface area contributed by atoms with Crippen molar-refractivity contribution in [1.29, 1.82) is 0 Å². The molecule has 0 aliphatic rings. The summed E-state index contributed by atoms with van der Waals surface area (Å²) in [6, 6.07) is 33.4. The Balaban J connectivity index is 1.08. The maximum atomic E-state index is 13.4. The number of benzene rings is 5. The topological polar surface area (TPSA) is 150 Å². The van der Waals surface area contributed by atoms with Gasteiger partial charge in [-0.25, -0.2) is 24.0 Å². The molecule has 0 bridgehead atoms. The van der Waals surface area contributed by atoms with E-state index in [1.54, 1.807) is 36.4 Å². The van der Waals surface area contributed by atoms with Crippen molar-refractivity contribution in [3.8, 4) is 45.3 Å². The standard InChI is InChI=1S/C56H60O12/c1-4-52(57)65-38-16-12-8-6-10-14-36-63-48-31-26-43(27-32-48)41-18-22-45(23-19-41)55(60)67-50-35-30-47(54(59)62-3)40-51(50)68-56(61)46-24-20-42(21-25-46)44-28-33-49(34-29-44)64-37-15-11-7-9-13-17-39-66-53(58)5-2/h4-5,18-35,40H,1-2,6-17,36-39H2,3H3. The highest BCUT2D eigenvalue weighted by Gasteiger charge is 2.20. The van der Waals surface area contributed by atoms with Gasteiger partial charge in [0.1, 0.15) is 11.5 Å². The molecule has 0 heterocycles. The van der Waals surface area contributed by atoms with Crippen molar-refractivity contribution in [1.82, 2.24) is 0 Å². The molecule has 0 N–H and O–H groups in total. The highest BCUT2D eigenvalue weighted by molar-refractivity contribution is 5.95. The SMILES string of the molecule is C=CC(=O)OCCCCCCCCOc1ccc(-c2ccc(C(=O)Oc3ccc(C(=O)OC)cc3OC(=O)c3ccc(-c4ccc(OCCCCCCCCOC(=O)C=C)cc4)cc3)cc2)cc1. The Bertz CT molecular complexity index is 2400. The third-order valence-corrected chi connectivity index (χ3v) is 10.8. The number of methoxy groups -OCH3 is 1. The Morgan fingerprint density at radius 1 is 0.397 bits per heavy atom. The molecule has 5 rings (SSSR count). The van der Waals surface area contributed by atoms with Crippen LogP contribution in [0.1, 0.15) is 108 Å². The largest absolute Gasteiger partial charge is 0.494 e. The van der Waals surface area contributed by atoms with Gasteiger partial charge in [-0.1, -0.05) is 113 Å². The molecule has 5 aromatic rings. The quantitative estimate of drug-likeness (QED) is 0.0148. The normalized spacial score (nSPS) is 10.6. The molecule has 12 heteroatoms. The van der Waals surface area contributed by atoms with E-state index in [2.05, 4.69) is 13.2 Å². The maximum Gasteiger partial charge on any atom is 0.343 e.